The van der Waals surface area contributed by atoms with Gasteiger partial charge >= 0.3 is 0 Å². The number of rotatable bonds is 6. The molecular weight excluding hydrogens is 214 g/mol. The number of benzene rings is 1. The molecule has 17 heavy (non-hydrogen) atoms. The van der Waals surface area contributed by atoms with Crippen molar-refractivity contribution in [2.75, 3.05) is 27.7 Å². The Balaban J connectivity index is 2.75. The monoisotopic (exact) mass is 238 g/mol. The summed E-state index contributed by atoms with van der Waals surface area (Å²) in [6, 6.07) is 8.06. The van der Waals surface area contributed by atoms with Crippen LogP contribution in [0.25, 0.3) is 0 Å². The van der Waals surface area contributed by atoms with E-state index < -0.39 is 0 Å². The molecule has 0 bridgehead atoms. The number of nitrogens with zero attached hydrogens (tertiary/aromatic N) is 1. The fourth-order valence-corrected chi connectivity index (χ4v) is 2.06. The van der Waals surface area contributed by atoms with Gasteiger partial charge in [0.1, 0.15) is 24.9 Å². The Morgan fingerprint density at radius 3 is 2.53 bits per heavy atom. The zero-order valence-corrected chi connectivity index (χ0v) is 11.3. The van der Waals surface area contributed by atoms with Crippen molar-refractivity contribution in [3.63, 3.8) is 0 Å². The Morgan fingerprint density at radius 1 is 1.29 bits per heavy atom. The van der Waals surface area contributed by atoms with Crippen molar-refractivity contribution in [1.82, 2.24) is 0 Å². The molecule has 1 aromatic carbocycles. The molecule has 1 unspecified atom stereocenters. The molecule has 0 amide bonds. The predicted molar refractivity (Wildman–Crippen MR) is 70.0 cm³/mol. The number of aliphatic hydroxyl groups excluding tert-OH is 1. The van der Waals surface area contributed by atoms with Crippen LogP contribution in [-0.4, -0.2) is 43.4 Å². The van der Waals surface area contributed by atoms with Crippen LogP contribution in [-0.2, 0) is 6.54 Å². The maximum atomic E-state index is 9.75. The first-order valence-corrected chi connectivity index (χ1v) is 6.10. The molecule has 0 radical (unpaired) electrons. The van der Waals surface area contributed by atoms with Crippen LogP contribution in [0.5, 0.6) is 5.75 Å². The standard InChI is InChI=1S/C14H24NO2/c1-5-13(16)11-15(2,3)10-12-8-6-7-9-14(12)17-4/h6-9,13,16H,5,10-11H2,1-4H3/q+1. The van der Waals surface area contributed by atoms with E-state index in [4.69, 9.17) is 4.74 Å². The lowest BCUT2D eigenvalue weighted by Gasteiger charge is -2.32. The molecule has 0 aliphatic heterocycles. The van der Waals surface area contributed by atoms with Crippen molar-refractivity contribution in [3.8, 4) is 5.75 Å². The second-order valence-corrected chi connectivity index (χ2v) is 5.15. The van der Waals surface area contributed by atoms with Crippen LogP contribution in [0.1, 0.15) is 18.9 Å². The summed E-state index contributed by atoms with van der Waals surface area (Å²) in [6.45, 7) is 3.63. The van der Waals surface area contributed by atoms with Gasteiger partial charge in [-0.05, 0) is 18.6 Å². The van der Waals surface area contributed by atoms with Gasteiger partial charge in [-0.3, -0.25) is 0 Å². The fraction of sp³-hybridized carbons (Fsp3) is 0.571. The Morgan fingerprint density at radius 2 is 1.94 bits per heavy atom. The molecule has 1 rings (SSSR count). The minimum atomic E-state index is -0.236. The van der Waals surface area contributed by atoms with Crippen LogP contribution in [0.2, 0.25) is 0 Å². The van der Waals surface area contributed by atoms with Gasteiger partial charge in [-0.1, -0.05) is 19.1 Å². The number of aliphatic hydroxyl groups is 1. The second kappa shape index (κ2) is 6.03. The molecule has 0 saturated heterocycles. The molecule has 0 fully saturated rings. The summed E-state index contributed by atoms with van der Waals surface area (Å²) in [5, 5.41) is 9.75. The van der Waals surface area contributed by atoms with E-state index in [1.54, 1.807) is 7.11 Å². The van der Waals surface area contributed by atoms with Crippen molar-refractivity contribution in [2.45, 2.75) is 26.0 Å². The molecule has 0 heterocycles. The molecule has 0 saturated carbocycles. The summed E-state index contributed by atoms with van der Waals surface area (Å²) in [7, 11) is 5.95. The number of ether oxygens (including phenoxy) is 1. The third-order valence-electron chi connectivity index (χ3n) is 2.97. The van der Waals surface area contributed by atoms with Gasteiger partial charge in [-0.15, -0.1) is 0 Å². The lowest BCUT2D eigenvalue weighted by molar-refractivity contribution is -0.906. The van der Waals surface area contributed by atoms with Crippen molar-refractivity contribution in [2.24, 2.45) is 0 Å². The van der Waals surface area contributed by atoms with Crippen LogP contribution < -0.4 is 4.74 Å². The maximum Gasteiger partial charge on any atom is 0.127 e. The minimum absolute atomic E-state index is 0.236. The number of likely N-dealkylation sites (N-methyl/N-ethyl adjacent to an activating group) is 1. The third kappa shape index (κ3) is 4.36. The van der Waals surface area contributed by atoms with E-state index >= 15 is 0 Å². The Bertz CT molecular complexity index is 350. The summed E-state index contributed by atoms with van der Waals surface area (Å²) in [4.78, 5) is 0. The fourth-order valence-electron chi connectivity index (χ4n) is 2.06. The molecular formula is C14H24NO2+. The van der Waals surface area contributed by atoms with Crippen molar-refractivity contribution < 1.29 is 14.3 Å². The molecule has 96 valence electrons. The van der Waals surface area contributed by atoms with Gasteiger partial charge < -0.3 is 14.3 Å². The van der Waals surface area contributed by atoms with Crippen LogP contribution in [0.4, 0.5) is 0 Å². The lowest BCUT2D eigenvalue weighted by atomic mass is 10.1. The second-order valence-electron chi connectivity index (χ2n) is 5.15. The first kappa shape index (κ1) is 14.0. The average Bonchev–Trinajstić information content (AvgIpc) is 2.28. The van der Waals surface area contributed by atoms with Crippen LogP contribution in [0.15, 0.2) is 24.3 Å². The number of methoxy groups -OCH3 is 1. The van der Waals surface area contributed by atoms with Gasteiger partial charge in [-0.25, -0.2) is 0 Å². The van der Waals surface area contributed by atoms with Gasteiger partial charge in [0, 0.05) is 5.56 Å². The third-order valence-corrected chi connectivity index (χ3v) is 2.97. The SMILES string of the molecule is CCC(O)C[N+](C)(C)Cc1ccccc1OC. The summed E-state index contributed by atoms with van der Waals surface area (Å²) in [6.07, 6.45) is 0.563. The molecule has 1 aromatic rings. The summed E-state index contributed by atoms with van der Waals surface area (Å²) in [5.41, 5.74) is 1.18. The Kier molecular flexibility index (Phi) is 4.97. The van der Waals surface area contributed by atoms with E-state index in [-0.39, 0.29) is 6.10 Å². The topological polar surface area (TPSA) is 29.5 Å². The molecule has 3 heteroatoms. The van der Waals surface area contributed by atoms with Gasteiger partial charge in [0.25, 0.3) is 0 Å². The van der Waals surface area contributed by atoms with E-state index in [9.17, 15) is 5.11 Å². The molecule has 0 aliphatic carbocycles. The highest BCUT2D eigenvalue weighted by Gasteiger charge is 2.21. The zero-order valence-electron chi connectivity index (χ0n) is 11.3. The number of para-hydroxylation sites is 1. The summed E-state index contributed by atoms with van der Waals surface area (Å²) < 4.78 is 6.11. The normalized spacial score (nSPS) is 13.5. The zero-order chi connectivity index (χ0) is 12.9. The highest BCUT2D eigenvalue weighted by molar-refractivity contribution is 5.32. The van der Waals surface area contributed by atoms with E-state index in [1.807, 2.05) is 25.1 Å². The maximum absolute atomic E-state index is 9.75. The van der Waals surface area contributed by atoms with E-state index in [1.165, 1.54) is 5.56 Å². The smallest absolute Gasteiger partial charge is 0.127 e. The number of hydrogen-bond acceptors (Lipinski definition) is 2. The molecule has 3 nitrogen and oxygen atoms in total. The van der Waals surface area contributed by atoms with Gasteiger partial charge in [0.05, 0.1) is 21.2 Å². The molecule has 1 N–H and O–H groups in total. The predicted octanol–water partition coefficient (Wildman–Crippen LogP) is 2.04. The molecule has 0 aromatic heterocycles. The largest absolute Gasteiger partial charge is 0.496 e. The average molecular weight is 238 g/mol. The highest BCUT2D eigenvalue weighted by Crippen LogP contribution is 2.21. The van der Waals surface area contributed by atoms with Gasteiger partial charge in [0.15, 0.2) is 0 Å². The summed E-state index contributed by atoms with van der Waals surface area (Å²) in [5.74, 6) is 0.921. The number of quaternary nitrogens is 1. The first-order valence-electron chi connectivity index (χ1n) is 6.10. The van der Waals surface area contributed by atoms with E-state index in [0.717, 1.165) is 29.7 Å². The van der Waals surface area contributed by atoms with Crippen LogP contribution in [0.3, 0.4) is 0 Å². The molecule has 1 atom stereocenters. The number of hydrogen-bond donors (Lipinski definition) is 1. The van der Waals surface area contributed by atoms with Gasteiger partial charge in [0.2, 0.25) is 0 Å². The first-order chi connectivity index (χ1) is 7.98. The van der Waals surface area contributed by atoms with Crippen LogP contribution >= 0.6 is 0 Å². The highest BCUT2D eigenvalue weighted by atomic mass is 16.5. The minimum Gasteiger partial charge on any atom is -0.496 e. The van der Waals surface area contributed by atoms with E-state index in [0.29, 0.717) is 0 Å². The lowest BCUT2D eigenvalue weighted by Crippen LogP contribution is -2.44. The quantitative estimate of drug-likeness (QED) is 0.769. The van der Waals surface area contributed by atoms with Crippen molar-refractivity contribution in [1.29, 1.82) is 0 Å². The van der Waals surface area contributed by atoms with E-state index in [2.05, 4.69) is 20.2 Å². The molecule has 0 aliphatic rings. The molecule has 0 spiro atoms. The summed E-state index contributed by atoms with van der Waals surface area (Å²) >= 11 is 0. The Labute approximate surface area is 104 Å². The van der Waals surface area contributed by atoms with Crippen LogP contribution in [0, 0.1) is 0 Å². The van der Waals surface area contributed by atoms with Crippen molar-refractivity contribution >= 4 is 0 Å². The van der Waals surface area contributed by atoms with Gasteiger partial charge in [-0.2, -0.15) is 0 Å². The van der Waals surface area contributed by atoms with Crippen molar-refractivity contribution in [3.05, 3.63) is 29.8 Å². The Hall–Kier alpha value is -1.06.